The van der Waals surface area contributed by atoms with E-state index in [-0.39, 0.29) is 17.9 Å². The van der Waals surface area contributed by atoms with E-state index in [1.165, 1.54) is 7.11 Å². The number of benzene rings is 1. The third-order valence-corrected chi connectivity index (χ3v) is 1.82. The first-order chi connectivity index (χ1) is 6.60. The summed E-state index contributed by atoms with van der Waals surface area (Å²) in [6, 6.07) is 1.69. The van der Waals surface area contributed by atoms with Crippen LogP contribution in [0.15, 0.2) is 12.1 Å². The highest BCUT2D eigenvalue weighted by Gasteiger charge is 2.17. The zero-order valence-electron chi connectivity index (χ0n) is 7.63. The largest absolute Gasteiger partial charge is 0.493 e. The molecule has 0 saturated carbocycles. The summed E-state index contributed by atoms with van der Waals surface area (Å²) in [5, 5.41) is 9.35. The smallest absolute Gasteiger partial charge is 0.168 e. The third-order valence-electron chi connectivity index (χ3n) is 1.82. The molecule has 0 aliphatic carbocycles. The SMILES string of the molecule is COc1c(F)cc(F)cc1[C@@H](O)CN. The molecule has 1 aromatic rings. The number of ether oxygens (including phenoxy) is 1. The fourth-order valence-corrected chi connectivity index (χ4v) is 1.17. The summed E-state index contributed by atoms with van der Waals surface area (Å²) in [5.74, 6) is -1.80. The molecule has 0 radical (unpaired) electrons. The van der Waals surface area contributed by atoms with Gasteiger partial charge < -0.3 is 15.6 Å². The molecule has 0 heterocycles. The lowest BCUT2D eigenvalue weighted by Crippen LogP contribution is -2.13. The summed E-state index contributed by atoms with van der Waals surface area (Å²) in [5.41, 5.74) is 5.20. The quantitative estimate of drug-likeness (QED) is 0.769. The van der Waals surface area contributed by atoms with Crippen molar-refractivity contribution in [1.29, 1.82) is 0 Å². The maximum absolute atomic E-state index is 13.1. The van der Waals surface area contributed by atoms with Crippen LogP contribution >= 0.6 is 0 Å². The summed E-state index contributed by atoms with van der Waals surface area (Å²) in [7, 11) is 1.24. The summed E-state index contributed by atoms with van der Waals surface area (Å²) in [6.07, 6.45) is -1.13. The molecule has 1 aromatic carbocycles. The molecule has 3 N–H and O–H groups in total. The van der Waals surface area contributed by atoms with Crippen LogP contribution in [0.25, 0.3) is 0 Å². The molecule has 78 valence electrons. The van der Waals surface area contributed by atoms with Crippen LogP contribution in [0.2, 0.25) is 0 Å². The van der Waals surface area contributed by atoms with Crippen molar-refractivity contribution >= 4 is 0 Å². The molecule has 1 rings (SSSR count). The Bertz CT molecular complexity index is 331. The Morgan fingerprint density at radius 2 is 2.14 bits per heavy atom. The highest BCUT2D eigenvalue weighted by atomic mass is 19.1. The summed E-state index contributed by atoms with van der Waals surface area (Å²) < 4.78 is 30.6. The third kappa shape index (κ3) is 2.00. The molecular formula is C9H11F2NO2. The molecule has 0 bridgehead atoms. The van der Waals surface area contributed by atoms with Gasteiger partial charge >= 0.3 is 0 Å². The van der Waals surface area contributed by atoms with Gasteiger partial charge in [-0.05, 0) is 6.07 Å². The van der Waals surface area contributed by atoms with Gasteiger partial charge in [0.15, 0.2) is 11.6 Å². The van der Waals surface area contributed by atoms with Gasteiger partial charge in [-0.15, -0.1) is 0 Å². The number of aliphatic hydroxyl groups excluding tert-OH is 1. The van der Waals surface area contributed by atoms with Gasteiger partial charge in [-0.1, -0.05) is 0 Å². The molecule has 0 amide bonds. The predicted octanol–water partition coefficient (Wildman–Crippen LogP) is 0.965. The lowest BCUT2D eigenvalue weighted by atomic mass is 10.1. The van der Waals surface area contributed by atoms with Gasteiger partial charge in [0.25, 0.3) is 0 Å². The predicted molar refractivity (Wildman–Crippen MR) is 46.9 cm³/mol. The lowest BCUT2D eigenvalue weighted by Gasteiger charge is -2.13. The van der Waals surface area contributed by atoms with Gasteiger partial charge in [-0.3, -0.25) is 0 Å². The van der Waals surface area contributed by atoms with Gasteiger partial charge in [0.05, 0.1) is 13.2 Å². The van der Waals surface area contributed by atoms with Crippen molar-refractivity contribution in [1.82, 2.24) is 0 Å². The van der Waals surface area contributed by atoms with Crippen LogP contribution in [0.4, 0.5) is 8.78 Å². The second kappa shape index (κ2) is 4.34. The Morgan fingerprint density at radius 3 is 2.64 bits per heavy atom. The van der Waals surface area contributed by atoms with Crippen molar-refractivity contribution in [3.8, 4) is 5.75 Å². The van der Waals surface area contributed by atoms with E-state index in [2.05, 4.69) is 0 Å². The number of methoxy groups -OCH3 is 1. The number of halogens is 2. The van der Waals surface area contributed by atoms with Crippen LogP contribution in [-0.4, -0.2) is 18.8 Å². The Morgan fingerprint density at radius 1 is 1.50 bits per heavy atom. The molecule has 0 aliphatic heterocycles. The molecule has 0 spiro atoms. The molecule has 14 heavy (non-hydrogen) atoms. The first-order valence-electron chi connectivity index (χ1n) is 4.01. The summed E-state index contributed by atoms with van der Waals surface area (Å²) in [6.45, 7) is -0.126. The first-order valence-corrected chi connectivity index (χ1v) is 4.01. The molecule has 0 aliphatic rings. The van der Waals surface area contributed by atoms with Crippen LogP contribution in [-0.2, 0) is 0 Å². The van der Waals surface area contributed by atoms with Gasteiger partial charge in [-0.25, -0.2) is 8.78 Å². The minimum atomic E-state index is -1.13. The molecule has 0 fully saturated rings. The standard InChI is InChI=1S/C9H11F2NO2/c1-14-9-6(8(13)4-12)2-5(10)3-7(9)11/h2-3,8,13H,4,12H2,1H3/t8-/m0/s1. The van der Waals surface area contributed by atoms with Crippen molar-refractivity contribution in [3.63, 3.8) is 0 Å². The van der Waals surface area contributed by atoms with E-state index < -0.39 is 17.7 Å². The van der Waals surface area contributed by atoms with Crippen LogP contribution in [0.1, 0.15) is 11.7 Å². The molecule has 1 atom stereocenters. The van der Waals surface area contributed by atoms with Crippen molar-refractivity contribution < 1.29 is 18.6 Å². The van der Waals surface area contributed by atoms with Gasteiger partial charge in [0.1, 0.15) is 5.82 Å². The maximum Gasteiger partial charge on any atom is 0.168 e. The molecule has 3 nitrogen and oxygen atoms in total. The topological polar surface area (TPSA) is 55.5 Å². The zero-order valence-corrected chi connectivity index (χ0v) is 7.63. The van der Waals surface area contributed by atoms with Crippen LogP contribution in [0.5, 0.6) is 5.75 Å². The molecular weight excluding hydrogens is 192 g/mol. The van der Waals surface area contributed by atoms with Gasteiger partial charge in [0, 0.05) is 18.2 Å². The number of hydrogen-bond acceptors (Lipinski definition) is 3. The average molecular weight is 203 g/mol. The van der Waals surface area contributed by atoms with E-state index in [4.69, 9.17) is 10.5 Å². The van der Waals surface area contributed by atoms with Gasteiger partial charge in [-0.2, -0.15) is 0 Å². The number of nitrogens with two attached hydrogens (primary N) is 1. The van der Waals surface area contributed by atoms with Crippen molar-refractivity contribution in [3.05, 3.63) is 29.3 Å². The van der Waals surface area contributed by atoms with Crippen molar-refractivity contribution in [2.45, 2.75) is 6.10 Å². The zero-order chi connectivity index (χ0) is 10.7. The van der Waals surface area contributed by atoms with E-state index in [0.717, 1.165) is 6.07 Å². The molecule has 0 saturated heterocycles. The fraction of sp³-hybridized carbons (Fsp3) is 0.333. The van der Waals surface area contributed by atoms with Crippen LogP contribution in [0.3, 0.4) is 0 Å². The second-order valence-corrected chi connectivity index (χ2v) is 2.76. The van der Waals surface area contributed by atoms with Crippen LogP contribution in [0, 0.1) is 11.6 Å². The van der Waals surface area contributed by atoms with E-state index >= 15 is 0 Å². The van der Waals surface area contributed by atoms with Crippen molar-refractivity contribution in [2.24, 2.45) is 5.73 Å². The van der Waals surface area contributed by atoms with Crippen molar-refractivity contribution in [2.75, 3.05) is 13.7 Å². The Kier molecular flexibility index (Phi) is 3.38. The van der Waals surface area contributed by atoms with E-state index in [1.54, 1.807) is 0 Å². The minimum Gasteiger partial charge on any atom is -0.493 e. The summed E-state index contributed by atoms with van der Waals surface area (Å²) >= 11 is 0. The Labute approximate surface area is 80.1 Å². The Hall–Kier alpha value is -1.20. The normalized spacial score (nSPS) is 12.6. The fourth-order valence-electron chi connectivity index (χ4n) is 1.17. The highest BCUT2D eigenvalue weighted by molar-refractivity contribution is 5.37. The number of rotatable bonds is 3. The average Bonchev–Trinajstić information content (AvgIpc) is 2.15. The van der Waals surface area contributed by atoms with Gasteiger partial charge in [0.2, 0.25) is 0 Å². The monoisotopic (exact) mass is 203 g/mol. The van der Waals surface area contributed by atoms with Crippen LogP contribution < -0.4 is 10.5 Å². The summed E-state index contributed by atoms with van der Waals surface area (Å²) in [4.78, 5) is 0. The highest BCUT2D eigenvalue weighted by Crippen LogP contribution is 2.28. The molecule has 5 heteroatoms. The maximum atomic E-state index is 13.1. The number of hydrogen-bond donors (Lipinski definition) is 2. The Balaban J connectivity index is 3.24. The van der Waals surface area contributed by atoms with E-state index in [1.807, 2.05) is 0 Å². The lowest BCUT2D eigenvalue weighted by molar-refractivity contribution is 0.180. The van der Waals surface area contributed by atoms with E-state index in [0.29, 0.717) is 6.07 Å². The molecule has 0 unspecified atom stereocenters. The van der Waals surface area contributed by atoms with E-state index in [9.17, 15) is 13.9 Å². The second-order valence-electron chi connectivity index (χ2n) is 2.76. The number of aliphatic hydroxyl groups is 1. The first kappa shape index (κ1) is 10.9. The minimum absolute atomic E-state index is 0.0208. The molecule has 0 aromatic heterocycles.